The first-order valence-electron chi connectivity index (χ1n) is 9.06. The van der Waals surface area contributed by atoms with E-state index in [0.717, 1.165) is 4.90 Å². The number of nitrogens with zero attached hydrogens (tertiary/aromatic N) is 1. The van der Waals surface area contributed by atoms with E-state index in [9.17, 15) is 19.2 Å². The third-order valence-electron chi connectivity index (χ3n) is 4.42. The van der Waals surface area contributed by atoms with E-state index < -0.39 is 41.1 Å². The van der Waals surface area contributed by atoms with Crippen molar-refractivity contribution in [1.29, 1.82) is 0 Å². The smallest absolute Gasteiger partial charge is 0.411 e. The summed E-state index contributed by atoms with van der Waals surface area (Å²) >= 11 is 0. The van der Waals surface area contributed by atoms with Gasteiger partial charge in [-0.2, -0.15) is 0 Å². The van der Waals surface area contributed by atoms with Gasteiger partial charge in [0.2, 0.25) is 0 Å². The summed E-state index contributed by atoms with van der Waals surface area (Å²) in [5.74, 6) is -2.04. The Kier molecular flexibility index (Phi) is 6.51. The largest absolute Gasteiger partial charge is 0.467 e. The highest BCUT2D eigenvalue weighted by molar-refractivity contribution is 5.99. The summed E-state index contributed by atoms with van der Waals surface area (Å²) in [5, 5.41) is 2.65. The Balaban J connectivity index is 2.38. The molecule has 2 rings (SSSR count). The first kappa shape index (κ1) is 22.2. The number of nitrogens with one attached hydrogen (secondary N) is 1. The van der Waals surface area contributed by atoms with Crippen LogP contribution in [0.4, 0.5) is 4.79 Å². The van der Waals surface area contributed by atoms with Gasteiger partial charge in [0, 0.05) is 12.0 Å². The first-order chi connectivity index (χ1) is 13.5. The molecule has 29 heavy (non-hydrogen) atoms. The number of hydrogen-bond donors (Lipinski definition) is 1. The molecule has 9 heteroatoms. The Morgan fingerprint density at radius 1 is 1.07 bits per heavy atom. The van der Waals surface area contributed by atoms with E-state index in [4.69, 9.17) is 14.2 Å². The van der Waals surface area contributed by atoms with Crippen LogP contribution in [0.1, 0.15) is 37.6 Å². The lowest BCUT2D eigenvalue weighted by molar-refractivity contribution is -0.147. The molecule has 9 nitrogen and oxygen atoms in total. The van der Waals surface area contributed by atoms with E-state index >= 15 is 0 Å². The Morgan fingerprint density at radius 2 is 1.69 bits per heavy atom. The van der Waals surface area contributed by atoms with Gasteiger partial charge in [0.1, 0.15) is 11.6 Å². The molecule has 0 radical (unpaired) electrons. The summed E-state index contributed by atoms with van der Waals surface area (Å²) < 4.78 is 15.0. The topological polar surface area (TPSA) is 111 Å². The molecule has 0 aromatic heterocycles. The van der Waals surface area contributed by atoms with Crippen molar-refractivity contribution >= 4 is 23.9 Å². The van der Waals surface area contributed by atoms with Crippen molar-refractivity contribution in [3.63, 3.8) is 0 Å². The number of benzene rings is 1. The van der Waals surface area contributed by atoms with Crippen LogP contribution in [0.15, 0.2) is 30.3 Å². The van der Waals surface area contributed by atoms with Crippen molar-refractivity contribution in [1.82, 2.24) is 10.2 Å². The van der Waals surface area contributed by atoms with Crippen molar-refractivity contribution in [2.24, 2.45) is 0 Å². The van der Waals surface area contributed by atoms with Gasteiger partial charge in [-0.3, -0.25) is 9.69 Å². The number of likely N-dealkylation sites (tertiary alicyclic amines) is 1. The van der Waals surface area contributed by atoms with E-state index in [1.165, 1.54) is 14.2 Å². The molecule has 0 bridgehead atoms. The van der Waals surface area contributed by atoms with Crippen LogP contribution in [-0.2, 0) is 23.8 Å². The average Bonchev–Trinajstić information content (AvgIpc) is 3.07. The molecule has 1 saturated heterocycles. The number of rotatable bonds is 4. The molecular formula is C20H26N2O7. The molecule has 0 spiro atoms. The molecule has 1 fully saturated rings. The standard InChI is InChI=1S/C20H26N2O7/c1-19(2,3)29-18(26)22-12-20(17(25)28-5,11-14(22)16(24)27-4)21-15(23)13-9-7-6-8-10-13/h6-10,14H,11-12H2,1-5H3,(H,21,23)/t14-,20+/m0/s1. The molecule has 0 aliphatic carbocycles. The number of esters is 2. The summed E-state index contributed by atoms with van der Waals surface area (Å²) in [5.41, 5.74) is -2.12. The predicted molar refractivity (Wildman–Crippen MR) is 102 cm³/mol. The Labute approximate surface area is 169 Å². The molecule has 2 amide bonds. The summed E-state index contributed by atoms with van der Waals surface area (Å²) in [4.78, 5) is 51.4. The lowest BCUT2D eigenvalue weighted by Gasteiger charge is -2.29. The van der Waals surface area contributed by atoms with Crippen LogP contribution in [0.3, 0.4) is 0 Å². The van der Waals surface area contributed by atoms with Crippen LogP contribution in [0, 0.1) is 0 Å². The number of methoxy groups -OCH3 is 2. The third-order valence-corrected chi connectivity index (χ3v) is 4.42. The van der Waals surface area contributed by atoms with Crippen LogP contribution in [0.5, 0.6) is 0 Å². The lowest BCUT2D eigenvalue weighted by Crippen LogP contribution is -2.57. The summed E-state index contributed by atoms with van der Waals surface area (Å²) in [6.45, 7) is 4.74. The Hall–Kier alpha value is -3.10. The molecule has 1 N–H and O–H groups in total. The van der Waals surface area contributed by atoms with Crippen LogP contribution < -0.4 is 5.32 Å². The predicted octanol–water partition coefficient (Wildman–Crippen LogP) is 1.51. The van der Waals surface area contributed by atoms with Crippen LogP contribution >= 0.6 is 0 Å². The van der Waals surface area contributed by atoms with Gasteiger partial charge in [0.15, 0.2) is 5.54 Å². The zero-order chi connectivity index (χ0) is 21.8. The molecule has 2 atom stereocenters. The Bertz CT molecular complexity index is 788. The highest BCUT2D eigenvalue weighted by Crippen LogP contribution is 2.31. The van der Waals surface area contributed by atoms with Crippen LogP contribution in [0.25, 0.3) is 0 Å². The second-order valence-electron chi connectivity index (χ2n) is 7.75. The second-order valence-corrected chi connectivity index (χ2v) is 7.75. The maximum atomic E-state index is 12.7. The molecule has 1 aromatic carbocycles. The molecule has 1 aliphatic heterocycles. The molecule has 1 aromatic rings. The van der Waals surface area contributed by atoms with Crippen molar-refractivity contribution in [2.75, 3.05) is 20.8 Å². The van der Waals surface area contributed by atoms with E-state index in [0.29, 0.717) is 5.56 Å². The summed E-state index contributed by atoms with van der Waals surface area (Å²) in [7, 11) is 2.35. The van der Waals surface area contributed by atoms with Gasteiger partial charge in [-0.1, -0.05) is 18.2 Å². The quantitative estimate of drug-likeness (QED) is 0.596. The average molecular weight is 406 g/mol. The fourth-order valence-corrected chi connectivity index (χ4v) is 3.13. The lowest BCUT2D eigenvalue weighted by atomic mass is 9.95. The maximum Gasteiger partial charge on any atom is 0.411 e. The molecular weight excluding hydrogens is 380 g/mol. The zero-order valence-electron chi connectivity index (χ0n) is 17.2. The number of ether oxygens (including phenoxy) is 3. The van der Waals surface area contributed by atoms with Gasteiger partial charge in [-0.25, -0.2) is 14.4 Å². The van der Waals surface area contributed by atoms with Gasteiger partial charge in [-0.05, 0) is 32.9 Å². The molecule has 0 saturated carbocycles. The first-order valence-corrected chi connectivity index (χ1v) is 9.06. The monoisotopic (exact) mass is 406 g/mol. The van der Waals surface area contributed by atoms with E-state index in [1.54, 1.807) is 51.1 Å². The fourth-order valence-electron chi connectivity index (χ4n) is 3.13. The number of hydrogen-bond acceptors (Lipinski definition) is 7. The molecule has 1 heterocycles. The van der Waals surface area contributed by atoms with Crippen LogP contribution in [-0.4, -0.2) is 66.8 Å². The molecule has 1 aliphatic rings. The van der Waals surface area contributed by atoms with Crippen molar-refractivity contribution in [3.8, 4) is 0 Å². The second kappa shape index (κ2) is 8.50. The zero-order valence-corrected chi connectivity index (χ0v) is 17.2. The van der Waals surface area contributed by atoms with Gasteiger partial charge in [0.25, 0.3) is 5.91 Å². The number of amides is 2. The summed E-state index contributed by atoms with van der Waals surface area (Å²) in [6, 6.07) is 7.15. The third kappa shape index (κ3) is 5.04. The molecule has 158 valence electrons. The van der Waals surface area contributed by atoms with E-state index in [2.05, 4.69) is 5.32 Å². The number of carbonyl (C=O) groups is 4. The van der Waals surface area contributed by atoms with Crippen molar-refractivity contribution < 1.29 is 33.4 Å². The van der Waals surface area contributed by atoms with Gasteiger partial charge in [0.05, 0.1) is 20.8 Å². The van der Waals surface area contributed by atoms with Crippen LogP contribution in [0.2, 0.25) is 0 Å². The van der Waals surface area contributed by atoms with Gasteiger partial charge in [-0.15, -0.1) is 0 Å². The van der Waals surface area contributed by atoms with E-state index in [-0.39, 0.29) is 13.0 Å². The van der Waals surface area contributed by atoms with E-state index in [1.807, 2.05) is 0 Å². The SMILES string of the molecule is COC(=O)[C@@H]1C[C@](NC(=O)c2ccccc2)(C(=O)OC)CN1C(=O)OC(C)(C)C. The summed E-state index contributed by atoms with van der Waals surface area (Å²) in [6.07, 6.45) is -1.00. The minimum absolute atomic E-state index is 0.204. The van der Waals surface area contributed by atoms with Crippen molar-refractivity contribution in [2.45, 2.75) is 44.4 Å². The number of carbonyl (C=O) groups excluding carboxylic acids is 4. The fraction of sp³-hybridized carbons (Fsp3) is 0.500. The maximum absolute atomic E-state index is 12.7. The Morgan fingerprint density at radius 3 is 2.21 bits per heavy atom. The van der Waals surface area contributed by atoms with Crippen molar-refractivity contribution in [3.05, 3.63) is 35.9 Å². The van der Waals surface area contributed by atoms with Gasteiger partial charge < -0.3 is 19.5 Å². The highest BCUT2D eigenvalue weighted by atomic mass is 16.6. The molecule has 0 unspecified atom stereocenters. The highest BCUT2D eigenvalue weighted by Gasteiger charge is 2.56. The minimum atomic E-state index is -1.63. The minimum Gasteiger partial charge on any atom is -0.467 e. The normalized spacial score (nSPS) is 21.3. The van der Waals surface area contributed by atoms with Gasteiger partial charge >= 0.3 is 18.0 Å².